The van der Waals surface area contributed by atoms with E-state index in [1.54, 1.807) is 36.4 Å². The molecule has 0 saturated carbocycles. The Bertz CT molecular complexity index is 997. The van der Waals surface area contributed by atoms with Crippen LogP contribution in [0.4, 0.5) is 13.6 Å². The van der Waals surface area contributed by atoms with Crippen molar-refractivity contribution in [1.29, 1.82) is 0 Å². The third kappa shape index (κ3) is 5.61. The maximum atomic E-state index is 12.7. The monoisotopic (exact) mass is 455 g/mol. The zero-order valence-electron chi connectivity index (χ0n) is 16.8. The van der Waals surface area contributed by atoms with Gasteiger partial charge in [-0.2, -0.15) is 13.1 Å². The third-order valence-electron chi connectivity index (χ3n) is 4.79. The van der Waals surface area contributed by atoms with E-state index in [4.69, 9.17) is 4.74 Å². The minimum absolute atomic E-state index is 0.0941. The Morgan fingerprint density at radius 2 is 1.74 bits per heavy atom. The molecule has 11 heteroatoms. The summed E-state index contributed by atoms with van der Waals surface area (Å²) in [6.07, 6.45) is 0. The zero-order valence-corrected chi connectivity index (χ0v) is 17.6. The van der Waals surface area contributed by atoms with Crippen molar-refractivity contribution in [3.63, 3.8) is 0 Å². The number of ether oxygens (including phenoxy) is 2. The molecular weight excluding hydrogens is 432 g/mol. The molecule has 0 bridgehead atoms. The standard InChI is InChI=1S/C20H23F2N3O5S/c1-29-18-13-15(7-8-17(18)30-19(21)22)14-23-20(26)24-9-11-25(12-10-24)31(27,28)16-5-3-2-4-6-16/h2-8,13,19H,9-12,14H2,1H3,(H,23,26). The Morgan fingerprint density at radius 3 is 2.35 bits per heavy atom. The summed E-state index contributed by atoms with van der Waals surface area (Å²) < 4.78 is 60.9. The largest absolute Gasteiger partial charge is 0.493 e. The highest BCUT2D eigenvalue weighted by Gasteiger charge is 2.29. The summed E-state index contributed by atoms with van der Waals surface area (Å²) in [5.41, 5.74) is 0.636. The lowest BCUT2D eigenvalue weighted by molar-refractivity contribution is -0.0512. The van der Waals surface area contributed by atoms with Crippen molar-refractivity contribution >= 4 is 16.1 Å². The van der Waals surface area contributed by atoms with Crippen LogP contribution in [0.5, 0.6) is 11.5 Å². The van der Waals surface area contributed by atoms with Crippen molar-refractivity contribution in [3.8, 4) is 11.5 Å². The molecule has 0 spiro atoms. The molecule has 2 aromatic carbocycles. The Kier molecular flexibility index (Phi) is 7.29. The minimum atomic E-state index is -3.59. The smallest absolute Gasteiger partial charge is 0.387 e. The van der Waals surface area contributed by atoms with Crippen molar-refractivity contribution in [2.45, 2.75) is 18.1 Å². The van der Waals surface area contributed by atoms with Gasteiger partial charge in [0.2, 0.25) is 10.0 Å². The van der Waals surface area contributed by atoms with Gasteiger partial charge >= 0.3 is 12.6 Å². The Morgan fingerprint density at radius 1 is 1.06 bits per heavy atom. The lowest BCUT2D eigenvalue weighted by atomic mass is 10.2. The number of hydrogen-bond acceptors (Lipinski definition) is 5. The van der Waals surface area contributed by atoms with Crippen LogP contribution in [-0.4, -0.2) is 63.6 Å². The van der Waals surface area contributed by atoms with E-state index in [0.717, 1.165) is 0 Å². The number of nitrogens with one attached hydrogen (secondary N) is 1. The number of hydrogen-bond donors (Lipinski definition) is 1. The number of methoxy groups -OCH3 is 1. The molecule has 1 aliphatic rings. The summed E-state index contributed by atoms with van der Waals surface area (Å²) in [5, 5.41) is 2.74. The number of halogens is 2. The first kappa shape index (κ1) is 22.8. The van der Waals surface area contributed by atoms with E-state index in [9.17, 15) is 22.0 Å². The van der Waals surface area contributed by atoms with Gasteiger partial charge in [0, 0.05) is 32.7 Å². The number of amides is 2. The van der Waals surface area contributed by atoms with Gasteiger partial charge in [0.05, 0.1) is 12.0 Å². The van der Waals surface area contributed by atoms with Gasteiger partial charge in [-0.25, -0.2) is 13.2 Å². The Hall–Kier alpha value is -2.92. The van der Waals surface area contributed by atoms with E-state index in [1.165, 1.54) is 28.4 Å². The summed E-state index contributed by atoms with van der Waals surface area (Å²) in [5.74, 6) is 0.0371. The van der Waals surface area contributed by atoms with Gasteiger partial charge in [0.1, 0.15) is 0 Å². The van der Waals surface area contributed by atoms with Crippen molar-refractivity contribution in [2.24, 2.45) is 0 Å². The molecule has 31 heavy (non-hydrogen) atoms. The number of carbonyl (C=O) groups is 1. The molecule has 1 N–H and O–H groups in total. The van der Waals surface area contributed by atoms with Crippen LogP contribution < -0.4 is 14.8 Å². The first-order valence-electron chi connectivity index (χ1n) is 9.51. The van der Waals surface area contributed by atoms with Gasteiger partial charge in [-0.15, -0.1) is 0 Å². The molecule has 1 aliphatic heterocycles. The normalized spacial score (nSPS) is 15.0. The van der Waals surface area contributed by atoms with E-state index in [0.29, 0.717) is 5.56 Å². The fourth-order valence-electron chi connectivity index (χ4n) is 3.18. The number of urea groups is 1. The molecule has 0 aromatic heterocycles. The van der Waals surface area contributed by atoms with E-state index < -0.39 is 16.6 Å². The lowest BCUT2D eigenvalue weighted by Gasteiger charge is -2.34. The predicted octanol–water partition coefficient (Wildman–Crippen LogP) is 2.51. The number of nitrogens with zero attached hydrogens (tertiary/aromatic N) is 2. The highest BCUT2D eigenvalue weighted by atomic mass is 32.2. The van der Waals surface area contributed by atoms with Crippen LogP contribution in [0.1, 0.15) is 5.56 Å². The summed E-state index contributed by atoms with van der Waals surface area (Å²) >= 11 is 0. The molecule has 0 radical (unpaired) electrons. The number of rotatable bonds is 7. The topological polar surface area (TPSA) is 88.2 Å². The molecule has 168 valence electrons. The van der Waals surface area contributed by atoms with Crippen LogP contribution in [0.15, 0.2) is 53.4 Å². The summed E-state index contributed by atoms with van der Waals surface area (Å²) in [4.78, 5) is 14.2. The number of alkyl halides is 2. The van der Waals surface area contributed by atoms with Gasteiger partial charge in [-0.05, 0) is 29.8 Å². The third-order valence-corrected chi connectivity index (χ3v) is 6.71. The average molecular weight is 455 g/mol. The molecule has 0 atom stereocenters. The number of carbonyl (C=O) groups excluding carboxylic acids is 1. The van der Waals surface area contributed by atoms with Gasteiger partial charge in [0.15, 0.2) is 11.5 Å². The van der Waals surface area contributed by atoms with Crippen molar-refractivity contribution in [3.05, 3.63) is 54.1 Å². The van der Waals surface area contributed by atoms with Crippen LogP contribution >= 0.6 is 0 Å². The first-order chi connectivity index (χ1) is 14.8. The van der Waals surface area contributed by atoms with Crippen LogP contribution in [0.2, 0.25) is 0 Å². The lowest BCUT2D eigenvalue weighted by Crippen LogP contribution is -2.52. The Balaban J connectivity index is 1.54. The fraction of sp³-hybridized carbons (Fsp3) is 0.350. The fourth-order valence-corrected chi connectivity index (χ4v) is 4.62. The van der Waals surface area contributed by atoms with Crippen LogP contribution in [0.3, 0.4) is 0 Å². The molecule has 0 aliphatic carbocycles. The Labute approximate surface area is 179 Å². The van der Waals surface area contributed by atoms with E-state index in [1.807, 2.05) is 0 Å². The predicted molar refractivity (Wildman–Crippen MR) is 109 cm³/mol. The summed E-state index contributed by atoms with van der Waals surface area (Å²) in [6.45, 7) is -1.93. The number of sulfonamides is 1. The molecular formula is C20H23F2N3O5S. The van der Waals surface area contributed by atoms with Crippen LogP contribution in [0.25, 0.3) is 0 Å². The van der Waals surface area contributed by atoms with E-state index in [2.05, 4.69) is 10.1 Å². The SMILES string of the molecule is COc1cc(CNC(=O)N2CCN(S(=O)(=O)c3ccccc3)CC2)ccc1OC(F)F. The van der Waals surface area contributed by atoms with Crippen LogP contribution in [-0.2, 0) is 16.6 Å². The molecule has 1 fully saturated rings. The molecule has 1 saturated heterocycles. The molecule has 0 unspecified atom stereocenters. The maximum absolute atomic E-state index is 12.7. The molecule has 1 heterocycles. The van der Waals surface area contributed by atoms with Crippen molar-refractivity contribution in [2.75, 3.05) is 33.3 Å². The van der Waals surface area contributed by atoms with Gasteiger partial charge in [-0.1, -0.05) is 24.3 Å². The average Bonchev–Trinajstić information content (AvgIpc) is 2.78. The number of benzene rings is 2. The van der Waals surface area contributed by atoms with Gasteiger partial charge in [0.25, 0.3) is 0 Å². The minimum Gasteiger partial charge on any atom is -0.493 e. The second-order valence-corrected chi connectivity index (χ2v) is 8.66. The van der Waals surface area contributed by atoms with E-state index >= 15 is 0 Å². The van der Waals surface area contributed by atoms with E-state index in [-0.39, 0.29) is 55.1 Å². The second kappa shape index (κ2) is 9.92. The quantitative estimate of drug-likeness (QED) is 0.693. The maximum Gasteiger partial charge on any atom is 0.387 e. The zero-order chi connectivity index (χ0) is 22.4. The van der Waals surface area contributed by atoms with Crippen LogP contribution in [0, 0.1) is 0 Å². The van der Waals surface area contributed by atoms with Gasteiger partial charge < -0.3 is 19.7 Å². The second-order valence-electron chi connectivity index (χ2n) is 6.73. The van der Waals surface area contributed by atoms with Gasteiger partial charge in [-0.3, -0.25) is 0 Å². The molecule has 2 aromatic rings. The summed E-state index contributed by atoms with van der Waals surface area (Å²) in [6, 6.07) is 12.2. The molecule has 2 amide bonds. The molecule has 8 nitrogen and oxygen atoms in total. The van der Waals surface area contributed by atoms with Crippen molar-refractivity contribution < 1.29 is 31.5 Å². The molecule has 3 rings (SSSR count). The van der Waals surface area contributed by atoms with Crippen molar-refractivity contribution in [1.82, 2.24) is 14.5 Å². The highest BCUT2D eigenvalue weighted by Crippen LogP contribution is 2.29. The summed E-state index contributed by atoms with van der Waals surface area (Å²) in [7, 11) is -2.26. The first-order valence-corrected chi connectivity index (χ1v) is 10.9. The highest BCUT2D eigenvalue weighted by molar-refractivity contribution is 7.89. The number of piperazine rings is 1.